The molecule has 16 heavy (non-hydrogen) atoms. The molecule has 0 unspecified atom stereocenters. The summed E-state index contributed by atoms with van der Waals surface area (Å²) in [4.78, 5) is 0. The molecule has 1 nitrogen and oxygen atoms in total. The summed E-state index contributed by atoms with van der Waals surface area (Å²) in [5.41, 5.74) is 0. The molecular formula is C12H7Cl3O. The monoisotopic (exact) mass is 272 g/mol. The SMILES string of the molecule is Clc1cc(Cl)c(Oc2ccccc2)c(Cl)c1. The molecule has 0 atom stereocenters. The van der Waals surface area contributed by atoms with Gasteiger partial charge in [0.1, 0.15) is 5.75 Å². The normalized spacial score (nSPS) is 10.2. The van der Waals surface area contributed by atoms with Crippen molar-refractivity contribution in [3.05, 3.63) is 57.5 Å². The van der Waals surface area contributed by atoms with Crippen molar-refractivity contribution in [3.8, 4) is 11.5 Å². The molecule has 0 radical (unpaired) electrons. The predicted molar refractivity (Wildman–Crippen MR) is 68.0 cm³/mol. The average Bonchev–Trinajstić information content (AvgIpc) is 2.25. The first-order valence-electron chi connectivity index (χ1n) is 4.54. The highest BCUT2D eigenvalue weighted by Gasteiger charge is 2.09. The number of rotatable bonds is 2. The highest BCUT2D eigenvalue weighted by molar-refractivity contribution is 6.40. The summed E-state index contributed by atoms with van der Waals surface area (Å²) < 4.78 is 5.57. The zero-order valence-corrected chi connectivity index (χ0v) is 10.4. The summed E-state index contributed by atoms with van der Waals surface area (Å²) in [7, 11) is 0. The lowest BCUT2D eigenvalue weighted by Gasteiger charge is -2.09. The minimum absolute atomic E-state index is 0.390. The van der Waals surface area contributed by atoms with E-state index in [9.17, 15) is 0 Å². The molecule has 4 heteroatoms. The summed E-state index contributed by atoms with van der Waals surface area (Å²) >= 11 is 17.8. The van der Waals surface area contributed by atoms with Crippen molar-refractivity contribution in [3.63, 3.8) is 0 Å². The van der Waals surface area contributed by atoms with E-state index in [0.29, 0.717) is 26.6 Å². The van der Waals surface area contributed by atoms with Gasteiger partial charge in [-0.3, -0.25) is 0 Å². The van der Waals surface area contributed by atoms with Crippen molar-refractivity contribution in [2.24, 2.45) is 0 Å². The van der Waals surface area contributed by atoms with Gasteiger partial charge in [0.25, 0.3) is 0 Å². The molecule has 2 aromatic rings. The first-order chi connectivity index (χ1) is 7.66. The van der Waals surface area contributed by atoms with Crippen LogP contribution in [0.25, 0.3) is 0 Å². The third-order valence-corrected chi connectivity index (χ3v) is 2.71. The molecule has 0 aliphatic rings. The van der Waals surface area contributed by atoms with Crippen molar-refractivity contribution < 1.29 is 4.74 Å². The van der Waals surface area contributed by atoms with Crippen LogP contribution in [0.4, 0.5) is 0 Å². The van der Waals surface area contributed by atoms with Crippen LogP contribution in [-0.4, -0.2) is 0 Å². The summed E-state index contributed by atoms with van der Waals surface area (Å²) in [5, 5.41) is 1.26. The Bertz CT molecular complexity index is 474. The molecular weight excluding hydrogens is 266 g/mol. The quantitative estimate of drug-likeness (QED) is 0.708. The van der Waals surface area contributed by atoms with E-state index < -0.39 is 0 Å². The van der Waals surface area contributed by atoms with Gasteiger partial charge in [-0.05, 0) is 24.3 Å². The molecule has 0 bridgehead atoms. The van der Waals surface area contributed by atoms with Gasteiger partial charge >= 0.3 is 0 Å². The van der Waals surface area contributed by atoms with Crippen molar-refractivity contribution in [1.29, 1.82) is 0 Å². The van der Waals surface area contributed by atoms with Crippen LogP contribution in [0.15, 0.2) is 42.5 Å². The highest BCUT2D eigenvalue weighted by atomic mass is 35.5. The van der Waals surface area contributed by atoms with E-state index in [4.69, 9.17) is 39.5 Å². The van der Waals surface area contributed by atoms with Gasteiger partial charge in [-0.2, -0.15) is 0 Å². The topological polar surface area (TPSA) is 9.23 Å². The second-order valence-corrected chi connectivity index (χ2v) is 4.36. The minimum Gasteiger partial charge on any atom is -0.454 e. The Hall–Kier alpha value is -0.890. The summed E-state index contributed by atoms with van der Waals surface area (Å²) in [6.07, 6.45) is 0. The minimum atomic E-state index is 0.390. The van der Waals surface area contributed by atoms with Crippen LogP contribution in [0.3, 0.4) is 0 Å². The number of hydrogen-bond acceptors (Lipinski definition) is 1. The summed E-state index contributed by atoms with van der Waals surface area (Å²) in [6.45, 7) is 0. The maximum atomic E-state index is 5.99. The lowest BCUT2D eigenvalue weighted by Crippen LogP contribution is -1.86. The molecule has 2 aromatic carbocycles. The van der Waals surface area contributed by atoms with Crippen LogP contribution in [0.2, 0.25) is 15.1 Å². The smallest absolute Gasteiger partial charge is 0.164 e. The fraction of sp³-hybridized carbons (Fsp3) is 0. The van der Waals surface area contributed by atoms with Gasteiger partial charge in [-0.1, -0.05) is 53.0 Å². The van der Waals surface area contributed by atoms with E-state index in [1.54, 1.807) is 12.1 Å². The first-order valence-corrected chi connectivity index (χ1v) is 5.67. The highest BCUT2D eigenvalue weighted by Crippen LogP contribution is 2.38. The molecule has 0 heterocycles. The van der Waals surface area contributed by atoms with Crippen LogP contribution < -0.4 is 4.74 Å². The van der Waals surface area contributed by atoms with Crippen LogP contribution in [0, 0.1) is 0 Å². The largest absolute Gasteiger partial charge is 0.454 e. The van der Waals surface area contributed by atoms with Gasteiger partial charge < -0.3 is 4.74 Å². The predicted octanol–water partition coefficient (Wildman–Crippen LogP) is 5.44. The Kier molecular flexibility index (Phi) is 3.59. The maximum absolute atomic E-state index is 5.99. The van der Waals surface area contributed by atoms with Crippen molar-refractivity contribution in [1.82, 2.24) is 0 Å². The van der Waals surface area contributed by atoms with Gasteiger partial charge in [-0.15, -0.1) is 0 Å². The number of hydrogen-bond donors (Lipinski definition) is 0. The standard InChI is InChI=1S/C12H7Cl3O/c13-8-6-10(14)12(11(15)7-8)16-9-4-2-1-3-5-9/h1-7H. The van der Waals surface area contributed by atoms with Crippen LogP contribution in [0.5, 0.6) is 11.5 Å². The first kappa shape index (κ1) is 11.6. The maximum Gasteiger partial charge on any atom is 0.164 e. The van der Waals surface area contributed by atoms with E-state index in [1.807, 2.05) is 30.3 Å². The molecule has 0 aliphatic heterocycles. The number of ether oxygens (including phenoxy) is 1. The second-order valence-electron chi connectivity index (χ2n) is 3.11. The Labute approximate surface area is 109 Å². The fourth-order valence-electron chi connectivity index (χ4n) is 1.23. The molecule has 0 spiro atoms. The van der Waals surface area contributed by atoms with Gasteiger partial charge in [-0.25, -0.2) is 0 Å². The van der Waals surface area contributed by atoms with Crippen molar-refractivity contribution in [2.75, 3.05) is 0 Å². The Balaban J connectivity index is 2.35. The van der Waals surface area contributed by atoms with E-state index >= 15 is 0 Å². The molecule has 0 fully saturated rings. The number of para-hydroxylation sites is 1. The molecule has 82 valence electrons. The molecule has 0 aromatic heterocycles. The Morgan fingerprint density at radius 1 is 0.812 bits per heavy atom. The molecule has 2 rings (SSSR count). The second kappa shape index (κ2) is 4.96. The van der Waals surface area contributed by atoms with Crippen molar-refractivity contribution >= 4 is 34.8 Å². The van der Waals surface area contributed by atoms with Crippen molar-refractivity contribution in [2.45, 2.75) is 0 Å². The molecule has 0 N–H and O–H groups in total. The van der Waals surface area contributed by atoms with E-state index in [1.165, 1.54) is 0 Å². The Morgan fingerprint density at radius 3 is 1.94 bits per heavy atom. The van der Waals surface area contributed by atoms with E-state index in [0.717, 1.165) is 0 Å². The number of halogens is 3. The molecule has 0 aliphatic carbocycles. The van der Waals surface area contributed by atoms with E-state index in [-0.39, 0.29) is 0 Å². The third kappa shape index (κ3) is 2.62. The van der Waals surface area contributed by atoms with E-state index in [2.05, 4.69) is 0 Å². The molecule has 0 saturated carbocycles. The van der Waals surface area contributed by atoms with Crippen LogP contribution >= 0.6 is 34.8 Å². The molecule has 0 saturated heterocycles. The third-order valence-electron chi connectivity index (χ3n) is 1.93. The zero-order valence-electron chi connectivity index (χ0n) is 8.08. The summed E-state index contributed by atoms with van der Waals surface area (Å²) in [6, 6.07) is 12.5. The number of benzene rings is 2. The summed E-state index contributed by atoms with van der Waals surface area (Å²) in [5.74, 6) is 1.09. The fourth-order valence-corrected chi connectivity index (χ4v) is 2.13. The van der Waals surface area contributed by atoms with Gasteiger partial charge in [0.15, 0.2) is 5.75 Å². The lowest BCUT2D eigenvalue weighted by atomic mass is 10.3. The molecule has 0 amide bonds. The van der Waals surface area contributed by atoms with Gasteiger partial charge in [0, 0.05) is 5.02 Å². The zero-order chi connectivity index (χ0) is 11.5. The van der Waals surface area contributed by atoms with Gasteiger partial charge in [0.2, 0.25) is 0 Å². The Morgan fingerprint density at radius 2 is 1.38 bits per heavy atom. The average molecular weight is 274 g/mol. The van der Waals surface area contributed by atoms with Crippen LogP contribution in [0.1, 0.15) is 0 Å². The lowest BCUT2D eigenvalue weighted by molar-refractivity contribution is 0.483. The van der Waals surface area contributed by atoms with Gasteiger partial charge in [0.05, 0.1) is 10.0 Å². The van der Waals surface area contributed by atoms with Crippen LogP contribution in [-0.2, 0) is 0 Å².